The molecular weight excluding hydrogens is 430 g/mol. The zero-order valence-electron chi connectivity index (χ0n) is 17.5. The van der Waals surface area contributed by atoms with E-state index in [1.54, 1.807) is 36.7 Å². The molecule has 2 N–H and O–H groups in total. The van der Waals surface area contributed by atoms with Gasteiger partial charge >= 0.3 is 0 Å². The highest BCUT2D eigenvalue weighted by atomic mass is 32.2. The number of amides is 1. The third-order valence-electron chi connectivity index (χ3n) is 4.75. The Bertz CT molecular complexity index is 1210. The Morgan fingerprint density at radius 2 is 1.91 bits per heavy atom. The third-order valence-corrected chi connectivity index (χ3v) is 6.62. The minimum Gasteiger partial charge on any atom is -0.477 e. The fraction of sp³-hybridized carbons (Fsp3) is 0.273. The van der Waals surface area contributed by atoms with Gasteiger partial charge in [0.05, 0.1) is 47.7 Å². The van der Waals surface area contributed by atoms with Gasteiger partial charge in [-0.05, 0) is 44.0 Å². The van der Waals surface area contributed by atoms with Gasteiger partial charge in [-0.25, -0.2) is 13.4 Å². The smallest absolute Gasteiger partial charge is 0.235 e. The molecule has 0 unspecified atom stereocenters. The van der Waals surface area contributed by atoms with Crippen molar-refractivity contribution in [2.75, 3.05) is 16.6 Å². The lowest BCUT2D eigenvalue weighted by atomic mass is 10.1. The largest absolute Gasteiger partial charge is 0.477 e. The molecule has 0 bridgehead atoms. The molecule has 1 fully saturated rings. The van der Waals surface area contributed by atoms with Crippen LogP contribution in [0.5, 0.6) is 5.88 Å². The van der Waals surface area contributed by atoms with E-state index in [2.05, 4.69) is 25.0 Å². The maximum absolute atomic E-state index is 12.4. The predicted octanol–water partition coefficient (Wildman–Crippen LogP) is 3.02. The van der Waals surface area contributed by atoms with Gasteiger partial charge in [0.25, 0.3) is 0 Å². The van der Waals surface area contributed by atoms with Crippen molar-refractivity contribution >= 4 is 27.3 Å². The van der Waals surface area contributed by atoms with Gasteiger partial charge in [-0.15, -0.1) is 0 Å². The molecule has 32 heavy (non-hydrogen) atoms. The summed E-state index contributed by atoms with van der Waals surface area (Å²) < 4.78 is 32.1. The van der Waals surface area contributed by atoms with Crippen LogP contribution in [0.2, 0.25) is 0 Å². The number of ether oxygens (including phenoxy) is 1. The van der Waals surface area contributed by atoms with Crippen LogP contribution in [0.4, 0.5) is 11.4 Å². The number of carbonyl (C=O) groups excluding carboxylic acids is 1. The molecule has 0 atom stereocenters. The van der Waals surface area contributed by atoms with E-state index in [1.807, 2.05) is 19.1 Å². The van der Waals surface area contributed by atoms with Crippen LogP contribution in [0.25, 0.3) is 11.3 Å². The molecular formula is C22H23N5O4S. The lowest BCUT2D eigenvalue weighted by molar-refractivity contribution is -0.115. The summed E-state index contributed by atoms with van der Waals surface area (Å²) >= 11 is 0. The van der Waals surface area contributed by atoms with Gasteiger partial charge in [0.2, 0.25) is 21.8 Å². The first-order chi connectivity index (χ1) is 15.4. The van der Waals surface area contributed by atoms with Gasteiger partial charge < -0.3 is 10.1 Å². The van der Waals surface area contributed by atoms with E-state index in [4.69, 9.17) is 4.74 Å². The van der Waals surface area contributed by atoms with E-state index in [0.29, 0.717) is 48.1 Å². The topological polar surface area (TPSA) is 123 Å². The first-order valence-electron chi connectivity index (χ1n) is 10.2. The first kappa shape index (κ1) is 21.7. The number of nitrogens with one attached hydrogen (secondary N) is 2. The summed E-state index contributed by atoms with van der Waals surface area (Å²) in [6, 6.07) is 10.4. The van der Waals surface area contributed by atoms with Crippen LogP contribution >= 0.6 is 0 Å². The van der Waals surface area contributed by atoms with E-state index in [0.717, 1.165) is 5.56 Å². The number of pyridine rings is 1. The monoisotopic (exact) mass is 453 g/mol. The predicted molar refractivity (Wildman–Crippen MR) is 121 cm³/mol. The zero-order chi connectivity index (χ0) is 22.6. The third kappa shape index (κ3) is 5.58. The Kier molecular flexibility index (Phi) is 6.31. The van der Waals surface area contributed by atoms with Crippen LogP contribution in [0.1, 0.15) is 25.5 Å². The number of nitrogens with zero attached hydrogens (tertiary/aromatic N) is 3. The van der Waals surface area contributed by atoms with Crippen molar-refractivity contribution in [3.63, 3.8) is 0 Å². The van der Waals surface area contributed by atoms with Crippen molar-refractivity contribution < 1.29 is 17.9 Å². The summed E-state index contributed by atoms with van der Waals surface area (Å²) in [6.07, 6.45) is 6.06. The Labute approximate surface area is 186 Å². The molecule has 1 saturated carbocycles. The molecule has 9 nitrogen and oxygen atoms in total. The Hall–Kier alpha value is -3.53. The van der Waals surface area contributed by atoms with Gasteiger partial charge in [-0.3, -0.25) is 19.5 Å². The molecule has 1 aliphatic rings. The van der Waals surface area contributed by atoms with Gasteiger partial charge in [0.1, 0.15) is 0 Å². The second kappa shape index (κ2) is 9.31. The second-order valence-electron chi connectivity index (χ2n) is 7.36. The molecule has 2 heterocycles. The quantitative estimate of drug-likeness (QED) is 0.510. The number of anilines is 2. The summed E-state index contributed by atoms with van der Waals surface area (Å²) in [5, 5.41) is 2.50. The van der Waals surface area contributed by atoms with Gasteiger partial charge in [-0.2, -0.15) is 0 Å². The van der Waals surface area contributed by atoms with Crippen LogP contribution in [0, 0.1) is 0 Å². The number of carbonyl (C=O) groups is 1. The highest BCUT2D eigenvalue weighted by Crippen LogP contribution is 2.29. The number of hydrogen-bond donors (Lipinski definition) is 2. The number of aromatic nitrogens is 3. The maximum atomic E-state index is 12.4. The minimum atomic E-state index is -3.36. The van der Waals surface area contributed by atoms with Crippen molar-refractivity contribution in [2.45, 2.75) is 31.4 Å². The summed E-state index contributed by atoms with van der Waals surface area (Å²) in [4.78, 5) is 25.1. The fourth-order valence-corrected chi connectivity index (χ4v) is 4.44. The van der Waals surface area contributed by atoms with Crippen molar-refractivity contribution in [1.82, 2.24) is 15.0 Å². The number of rotatable bonds is 9. The van der Waals surface area contributed by atoms with Gasteiger partial charge in [-0.1, -0.05) is 12.1 Å². The molecule has 1 aliphatic carbocycles. The van der Waals surface area contributed by atoms with E-state index in [1.165, 1.54) is 6.20 Å². The standard InChI is InChI=1S/C22H23N5O4S/c1-2-31-22-14-23-13-20(26-22)15-3-5-16(6-4-15)25-21(28)12-18-11-17(9-10-24-18)27-32(29,30)19-7-8-19/h3-6,9-11,13-14,19H,2,7-8,12H2,1H3,(H,24,27)(H,25,28). The molecule has 2 aromatic heterocycles. The molecule has 0 aliphatic heterocycles. The number of hydrogen-bond acceptors (Lipinski definition) is 7. The summed E-state index contributed by atoms with van der Waals surface area (Å²) in [5.74, 6) is 0.196. The molecule has 0 spiro atoms. The summed E-state index contributed by atoms with van der Waals surface area (Å²) in [5.41, 5.74) is 3.02. The molecule has 4 rings (SSSR count). The van der Waals surface area contributed by atoms with Crippen LogP contribution in [-0.4, -0.2) is 41.1 Å². The Morgan fingerprint density at radius 1 is 1.12 bits per heavy atom. The SMILES string of the molecule is CCOc1cncc(-c2ccc(NC(=O)Cc3cc(NS(=O)(=O)C4CC4)ccn3)cc2)n1. The second-order valence-corrected chi connectivity index (χ2v) is 9.32. The lowest BCUT2D eigenvalue weighted by Gasteiger charge is -2.09. The van der Waals surface area contributed by atoms with Crippen LogP contribution in [0.3, 0.4) is 0 Å². The minimum absolute atomic E-state index is 0.0165. The maximum Gasteiger partial charge on any atom is 0.235 e. The van der Waals surface area contributed by atoms with Gasteiger partial charge in [0, 0.05) is 17.4 Å². The van der Waals surface area contributed by atoms with Crippen molar-refractivity contribution in [1.29, 1.82) is 0 Å². The number of benzene rings is 1. The average Bonchev–Trinajstić information content (AvgIpc) is 3.61. The van der Waals surface area contributed by atoms with E-state index < -0.39 is 10.0 Å². The average molecular weight is 454 g/mol. The van der Waals surface area contributed by atoms with Crippen molar-refractivity contribution in [3.8, 4) is 17.1 Å². The highest BCUT2D eigenvalue weighted by molar-refractivity contribution is 7.93. The van der Waals surface area contributed by atoms with Crippen LogP contribution < -0.4 is 14.8 Å². The molecule has 3 aromatic rings. The van der Waals surface area contributed by atoms with E-state index in [-0.39, 0.29) is 17.6 Å². The molecule has 166 valence electrons. The van der Waals surface area contributed by atoms with Crippen LogP contribution in [0.15, 0.2) is 55.0 Å². The van der Waals surface area contributed by atoms with E-state index in [9.17, 15) is 13.2 Å². The summed E-state index contributed by atoms with van der Waals surface area (Å²) in [7, 11) is -3.36. The highest BCUT2D eigenvalue weighted by Gasteiger charge is 2.35. The molecule has 10 heteroatoms. The molecule has 1 aromatic carbocycles. The first-order valence-corrected chi connectivity index (χ1v) is 11.8. The normalized spacial score (nSPS) is 13.4. The Balaban J connectivity index is 1.37. The molecule has 0 saturated heterocycles. The zero-order valence-corrected chi connectivity index (χ0v) is 18.3. The van der Waals surface area contributed by atoms with Crippen molar-refractivity contribution in [2.24, 2.45) is 0 Å². The molecule has 0 radical (unpaired) electrons. The van der Waals surface area contributed by atoms with E-state index >= 15 is 0 Å². The van der Waals surface area contributed by atoms with Gasteiger partial charge in [0.15, 0.2) is 0 Å². The summed E-state index contributed by atoms with van der Waals surface area (Å²) in [6.45, 7) is 2.39. The molecule has 1 amide bonds. The fourth-order valence-electron chi connectivity index (χ4n) is 3.06. The van der Waals surface area contributed by atoms with Crippen LogP contribution in [-0.2, 0) is 21.2 Å². The Morgan fingerprint density at radius 3 is 2.62 bits per heavy atom. The number of sulfonamides is 1. The lowest BCUT2D eigenvalue weighted by Crippen LogP contribution is -2.18. The van der Waals surface area contributed by atoms with Crippen molar-refractivity contribution in [3.05, 3.63) is 60.7 Å².